The van der Waals surface area contributed by atoms with E-state index in [1.54, 1.807) is 19.3 Å². The fourth-order valence-corrected chi connectivity index (χ4v) is 5.01. The van der Waals surface area contributed by atoms with E-state index < -0.39 is 0 Å². The van der Waals surface area contributed by atoms with E-state index in [4.69, 9.17) is 5.73 Å². The van der Waals surface area contributed by atoms with Crippen molar-refractivity contribution < 1.29 is 0 Å². The molecule has 5 atom stereocenters. The quantitative estimate of drug-likeness (QED) is 0.711. The Kier molecular flexibility index (Phi) is 2.03. The molecule has 0 amide bonds. The normalized spacial score (nSPS) is 48.6. The van der Waals surface area contributed by atoms with Gasteiger partial charge in [-0.2, -0.15) is 0 Å². The summed E-state index contributed by atoms with van der Waals surface area (Å²) in [6, 6.07) is 0. The smallest absolute Gasteiger partial charge is 0.00772 e. The van der Waals surface area contributed by atoms with E-state index >= 15 is 0 Å². The molecule has 0 radical (unpaired) electrons. The van der Waals surface area contributed by atoms with Crippen molar-refractivity contribution >= 4 is 0 Å². The maximum atomic E-state index is 5.57. The third-order valence-electron chi connectivity index (χ3n) is 6.03. The van der Waals surface area contributed by atoms with E-state index in [1.165, 1.54) is 25.2 Å². The van der Waals surface area contributed by atoms with Gasteiger partial charge in [0.1, 0.15) is 0 Å². The second-order valence-electron chi connectivity index (χ2n) is 6.64. The van der Waals surface area contributed by atoms with Gasteiger partial charge in [0.15, 0.2) is 0 Å². The molecular weight excluding hydrogens is 182 g/mol. The number of fused-ring (bicyclic) bond motifs is 1. The molecule has 2 N–H and O–H groups in total. The third-order valence-corrected chi connectivity index (χ3v) is 6.03. The van der Waals surface area contributed by atoms with Crippen molar-refractivity contribution in [2.75, 3.05) is 6.54 Å². The zero-order valence-corrected chi connectivity index (χ0v) is 10.3. The lowest BCUT2D eigenvalue weighted by molar-refractivity contribution is 0.245. The van der Waals surface area contributed by atoms with Gasteiger partial charge in [0, 0.05) is 0 Å². The Morgan fingerprint density at radius 3 is 2.60 bits per heavy atom. The molecule has 0 aromatic rings. The first-order chi connectivity index (χ1) is 7.17. The first kappa shape index (κ1) is 10.1. The lowest BCUT2D eigenvalue weighted by Gasteiger charge is -2.25. The highest BCUT2D eigenvalue weighted by molar-refractivity contribution is 5.42. The van der Waals surface area contributed by atoms with Crippen LogP contribution in [0, 0.1) is 28.6 Å². The molecule has 4 unspecified atom stereocenters. The topological polar surface area (TPSA) is 26.0 Å². The monoisotopic (exact) mass is 207 g/mol. The van der Waals surface area contributed by atoms with Crippen LogP contribution in [0.1, 0.15) is 52.4 Å². The Morgan fingerprint density at radius 2 is 2.13 bits per heavy atom. The highest BCUT2D eigenvalue weighted by Crippen LogP contribution is 3.01. The van der Waals surface area contributed by atoms with Crippen molar-refractivity contribution in [2.24, 2.45) is 34.3 Å². The summed E-state index contributed by atoms with van der Waals surface area (Å²) in [4.78, 5) is 0. The average molecular weight is 207 g/mol. The molecule has 0 heterocycles. The van der Waals surface area contributed by atoms with Crippen molar-refractivity contribution in [1.82, 2.24) is 0 Å². The molecule has 0 aromatic heterocycles. The van der Waals surface area contributed by atoms with Crippen LogP contribution in [0.5, 0.6) is 0 Å². The van der Waals surface area contributed by atoms with E-state index in [-0.39, 0.29) is 0 Å². The van der Waals surface area contributed by atoms with Crippen molar-refractivity contribution in [2.45, 2.75) is 52.4 Å². The maximum Gasteiger partial charge on any atom is -0.00772 e. The molecule has 3 rings (SSSR count). The van der Waals surface area contributed by atoms with E-state index in [9.17, 15) is 0 Å². The van der Waals surface area contributed by atoms with Gasteiger partial charge in [-0.15, -0.1) is 0 Å². The van der Waals surface area contributed by atoms with Crippen LogP contribution in [0.25, 0.3) is 0 Å². The van der Waals surface area contributed by atoms with Gasteiger partial charge in [-0.3, -0.25) is 0 Å². The third kappa shape index (κ3) is 1.08. The molecular formula is C14H25N. The van der Waals surface area contributed by atoms with Gasteiger partial charge in [0.2, 0.25) is 0 Å². The molecule has 3 aliphatic rings. The Balaban J connectivity index is 1.48. The minimum atomic E-state index is 0.871. The van der Waals surface area contributed by atoms with Gasteiger partial charge < -0.3 is 5.73 Å². The van der Waals surface area contributed by atoms with Crippen molar-refractivity contribution in [3.63, 3.8) is 0 Å². The summed E-state index contributed by atoms with van der Waals surface area (Å²) in [6.45, 7) is 5.81. The average Bonchev–Trinajstić information content (AvgIpc) is 2.97. The fraction of sp³-hybridized carbons (Fsp3) is 1.00. The highest BCUT2D eigenvalue weighted by atomic mass is 15.0. The number of rotatable bonds is 6. The summed E-state index contributed by atoms with van der Waals surface area (Å²) in [5.41, 5.74) is 7.38. The lowest BCUT2D eigenvalue weighted by atomic mass is 9.80. The van der Waals surface area contributed by atoms with Crippen LogP contribution in [0.3, 0.4) is 0 Å². The van der Waals surface area contributed by atoms with E-state index in [2.05, 4.69) is 13.8 Å². The highest BCUT2D eigenvalue weighted by Gasteiger charge is 2.94. The standard InChI is InChI=1S/C14H25N/c1-10(4-3-7-15)8-11(2)14-9-13(14)6-5-12(13)14/h10-12H,3-9,15H2,1-2H3/t10-,11?,12?,13?,14?/m1/s1. The Bertz CT molecular complexity index is 275. The zero-order valence-electron chi connectivity index (χ0n) is 10.3. The van der Waals surface area contributed by atoms with Gasteiger partial charge in [0.25, 0.3) is 0 Å². The summed E-state index contributed by atoms with van der Waals surface area (Å²) in [5.74, 6) is 3.08. The largest absolute Gasteiger partial charge is 0.330 e. The Labute approximate surface area is 93.8 Å². The summed E-state index contributed by atoms with van der Waals surface area (Å²) in [5, 5.41) is 0. The first-order valence-electron chi connectivity index (χ1n) is 6.87. The Hall–Kier alpha value is -0.0400. The molecule has 3 aliphatic carbocycles. The van der Waals surface area contributed by atoms with Crippen LogP contribution in [-0.4, -0.2) is 6.54 Å². The summed E-state index contributed by atoms with van der Waals surface area (Å²) < 4.78 is 0. The van der Waals surface area contributed by atoms with Crippen LogP contribution in [0.2, 0.25) is 0 Å². The molecule has 1 nitrogen and oxygen atoms in total. The van der Waals surface area contributed by atoms with Crippen LogP contribution < -0.4 is 5.73 Å². The first-order valence-corrected chi connectivity index (χ1v) is 6.87. The van der Waals surface area contributed by atoms with Gasteiger partial charge in [-0.1, -0.05) is 13.8 Å². The van der Waals surface area contributed by atoms with Crippen molar-refractivity contribution in [3.8, 4) is 0 Å². The summed E-state index contributed by atoms with van der Waals surface area (Å²) in [7, 11) is 0. The van der Waals surface area contributed by atoms with Crippen LogP contribution in [0.15, 0.2) is 0 Å². The molecule has 1 heteroatoms. The molecule has 0 aliphatic heterocycles. The summed E-state index contributed by atoms with van der Waals surface area (Å²) in [6.07, 6.45) is 8.73. The zero-order chi connectivity index (χ0) is 10.7. The molecule has 86 valence electrons. The number of hydrogen-bond acceptors (Lipinski definition) is 1. The predicted molar refractivity (Wildman–Crippen MR) is 63.4 cm³/mol. The molecule has 0 saturated heterocycles. The van der Waals surface area contributed by atoms with Gasteiger partial charge in [0.05, 0.1) is 0 Å². The fourth-order valence-electron chi connectivity index (χ4n) is 5.01. The number of nitrogens with two attached hydrogens (primary N) is 1. The van der Waals surface area contributed by atoms with Gasteiger partial charge >= 0.3 is 0 Å². The second kappa shape index (κ2) is 3.00. The van der Waals surface area contributed by atoms with Crippen LogP contribution >= 0.6 is 0 Å². The predicted octanol–water partition coefficient (Wildman–Crippen LogP) is 3.19. The SMILES string of the molecule is CC(C[C@H](C)CCCN)C12CC13CCC32. The molecule has 1 spiro atoms. The van der Waals surface area contributed by atoms with Gasteiger partial charge in [-0.05, 0) is 73.7 Å². The van der Waals surface area contributed by atoms with Gasteiger partial charge in [-0.25, -0.2) is 0 Å². The van der Waals surface area contributed by atoms with E-state index in [0.29, 0.717) is 0 Å². The Morgan fingerprint density at radius 1 is 1.40 bits per heavy atom. The summed E-state index contributed by atoms with van der Waals surface area (Å²) >= 11 is 0. The van der Waals surface area contributed by atoms with E-state index in [0.717, 1.165) is 29.2 Å². The van der Waals surface area contributed by atoms with Crippen LogP contribution in [-0.2, 0) is 0 Å². The second-order valence-corrected chi connectivity index (χ2v) is 6.64. The van der Waals surface area contributed by atoms with Crippen molar-refractivity contribution in [3.05, 3.63) is 0 Å². The van der Waals surface area contributed by atoms with E-state index in [1.807, 2.05) is 0 Å². The molecule has 15 heavy (non-hydrogen) atoms. The molecule has 0 bridgehead atoms. The minimum Gasteiger partial charge on any atom is -0.330 e. The molecule has 0 aromatic carbocycles. The van der Waals surface area contributed by atoms with Crippen molar-refractivity contribution in [1.29, 1.82) is 0 Å². The molecule has 3 saturated carbocycles. The van der Waals surface area contributed by atoms with Crippen LogP contribution in [0.4, 0.5) is 0 Å². The molecule has 3 fully saturated rings. The maximum absolute atomic E-state index is 5.57. The minimum absolute atomic E-state index is 0.871. The number of hydrogen-bond donors (Lipinski definition) is 1. The lowest BCUT2D eigenvalue weighted by Crippen LogP contribution is -2.16.